The van der Waals surface area contributed by atoms with Crippen molar-refractivity contribution in [1.82, 2.24) is 0 Å². The lowest BCUT2D eigenvalue weighted by Gasteiger charge is -2.16. The third kappa shape index (κ3) is 4.03. The molecule has 0 saturated heterocycles. The van der Waals surface area contributed by atoms with Gasteiger partial charge in [-0.2, -0.15) is 0 Å². The van der Waals surface area contributed by atoms with Crippen molar-refractivity contribution in [3.63, 3.8) is 0 Å². The summed E-state index contributed by atoms with van der Waals surface area (Å²) < 4.78 is 13.4. The number of hydrogen-bond donors (Lipinski definition) is 0. The van der Waals surface area contributed by atoms with E-state index in [1.165, 1.54) is 10.8 Å². The summed E-state index contributed by atoms with van der Waals surface area (Å²) in [7, 11) is -0.599. The quantitative estimate of drug-likeness (QED) is 0.200. The molecule has 0 N–H and O–H groups in total. The van der Waals surface area contributed by atoms with Crippen LogP contribution < -0.4 is 14.8 Å². The predicted octanol–water partition coefficient (Wildman–Crippen LogP) is 7.29. The number of nitrogens with zero attached hydrogens (tertiary/aromatic N) is 1. The highest BCUT2D eigenvalue weighted by molar-refractivity contribution is 6.64. The Morgan fingerprint density at radius 2 is 1.28 bits per heavy atom. The number of rotatable bonds is 5. The minimum atomic E-state index is -0.599. The molecule has 0 aliphatic carbocycles. The Kier molecular flexibility index (Phi) is 5.94. The lowest BCUT2D eigenvalue weighted by Crippen LogP contribution is -2.44. The van der Waals surface area contributed by atoms with Crippen molar-refractivity contribution >= 4 is 40.3 Å². The summed E-state index contributed by atoms with van der Waals surface area (Å²) in [6.07, 6.45) is 3.07. The highest BCUT2D eigenvalue weighted by atomic mass is 16.6. The van der Waals surface area contributed by atoms with Gasteiger partial charge >= 0.3 is 7.12 Å². The maximum atomic E-state index is 6.69. The molecule has 0 saturated carbocycles. The molecule has 36 heavy (non-hydrogen) atoms. The second-order valence-electron chi connectivity index (χ2n) is 9.52. The topological polar surface area (TPSA) is 30.8 Å². The van der Waals surface area contributed by atoms with E-state index in [0.717, 1.165) is 57.4 Å². The number of fused-ring (bicyclic) bond motifs is 7. The Hall–Kier alpha value is -4.05. The van der Waals surface area contributed by atoms with Crippen molar-refractivity contribution in [2.75, 3.05) is 6.54 Å². The van der Waals surface area contributed by atoms with Crippen LogP contribution in [0.1, 0.15) is 25.8 Å². The van der Waals surface area contributed by atoms with Crippen molar-refractivity contribution in [3.05, 3.63) is 103 Å². The first-order valence-corrected chi connectivity index (χ1v) is 12.7. The van der Waals surface area contributed by atoms with E-state index in [1.54, 1.807) is 0 Å². The molecule has 1 aliphatic rings. The summed E-state index contributed by atoms with van der Waals surface area (Å²) in [5.74, 6) is 2.19. The first-order chi connectivity index (χ1) is 17.7. The Morgan fingerprint density at radius 3 is 1.89 bits per heavy atom. The molecule has 5 aromatic rings. The van der Waals surface area contributed by atoms with Gasteiger partial charge in [-0.25, -0.2) is 0 Å². The average Bonchev–Trinajstić information content (AvgIpc) is 3.10. The van der Waals surface area contributed by atoms with Crippen LogP contribution in [0.4, 0.5) is 0 Å². The second-order valence-corrected chi connectivity index (χ2v) is 9.52. The van der Waals surface area contributed by atoms with Gasteiger partial charge in [-0.15, -0.1) is 0 Å². The average molecular weight is 469 g/mol. The second kappa shape index (κ2) is 9.54. The predicted molar refractivity (Wildman–Crippen MR) is 152 cm³/mol. The zero-order chi connectivity index (χ0) is 24.5. The molecule has 0 unspecified atom stereocenters. The van der Waals surface area contributed by atoms with Gasteiger partial charge in [0.25, 0.3) is 0 Å². The van der Waals surface area contributed by atoms with Crippen LogP contribution in [-0.2, 0) is 0 Å². The van der Waals surface area contributed by atoms with Gasteiger partial charge in [-0.05, 0) is 45.2 Å². The molecule has 0 bridgehead atoms. The molecular formula is C32H28BNO2. The van der Waals surface area contributed by atoms with Gasteiger partial charge in [-0.3, -0.25) is 4.99 Å². The van der Waals surface area contributed by atoms with E-state index in [1.807, 2.05) is 18.3 Å². The van der Waals surface area contributed by atoms with Gasteiger partial charge in [0.1, 0.15) is 11.5 Å². The molecule has 1 heterocycles. The summed E-state index contributed by atoms with van der Waals surface area (Å²) in [4.78, 5) is 4.73. The van der Waals surface area contributed by atoms with Gasteiger partial charge in [0, 0.05) is 29.3 Å². The molecule has 0 amide bonds. The molecule has 3 nitrogen and oxygen atoms in total. The zero-order valence-electron chi connectivity index (χ0n) is 20.6. The highest BCUT2D eigenvalue weighted by Gasteiger charge is 2.34. The van der Waals surface area contributed by atoms with E-state index < -0.39 is 7.12 Å². The van der Waals surface area contributed by atoms with E-state index in [0.29, 0.717) is 5.92 Å². The third-order valence-corrected chi connectivity index (χ3v) is 7.09. The molecular weight excluding hydrogens is 441 g/mol. The summed E-state index contributed by atoms with van der Waals surface area (Å²) >= 11 is 0. The largest absolute Gasteiger partial charge is 0.633 e. The molecule has 0 spiro atoms. The van der Waals surface area contributed by atoms with E-state index in [4.69, 9.17) is 14.3 Å². The van der Waals surface area contributed by atoms with Crippen LogP contribution in [0.3, 0.4) is 0 Å². The van der Waals surface area contributed by atoms with Gasteiger partial charge in [0.15, 0.2) is 0 Å². The standard InChI is InChI=1S/C32H28BNO2/c1-3-22(2)20-34-21-25-12-6-9-15-28(25)33-35-29-18-16-23-10-4-7-13-26(23)31(29)32-27-14-8-5-11-24(27)17-19-30(32)36-33/h4-19,21-22H,3,20H2,1-2H3/t22-/m0/s1. The number of hydrogen-bond acceptors (Lipinski definition) is 3. The molecule has 5 aromatic carbocycles. The molecule has 0 fully saturated rings. The molecule has 0 aromatic heterocycles. The lowest BCUT2D eigenvalue weighted by molar-refractivity contribution is 0.448. The Balaban J connectivity index is 1.54. The van der Waals surface area contributed by atoms with Crippen molar-refractivity contribution in [3.8, 4) is 22.6 Å². The van der Waals surface area contributed by atoms with Gasteiger partial charge in [0.05, 0.1) is 0 Å². The van der Waals surface area contributed by atoms with E-state index in [-0.39, 0.29) is 0 Å². The highest BCUT2D eigenvalue weighted by Crippen LogP contribution is 2.47. The normalized spacial score (nSPS) is 13.7. The van der Waals surface area contributed by atoms with E-state index in [2.05, 4.69) is 98.8 Å². The maximum absolute atomic E-state index is 6.69. The summed E-state index contributed by atoms with van der Waals surface area (Å²) in [6, 6.07) is 33.6. The van der Waals surface area contributed by atoms with Crippen LogP contribution >= 0.6 is 0 Å². The Bertz CT molecular complexity index is 1510. The molecule has 0 radical (unpaired) electrons. The Morgan fingerprint density at radius 1 is 0.722 bits per heavy atom. The fourth-order valence-corrected chi connectivity index (χ4v) is 4.90. The van der Waals surface area contributed by atoms with Crippen LogP contribution in [0.2, 0.25) is 0 Å². The number of benzene rings is 5. The van der Waals surface area contributed by atoms with Crippen molar-refractivity contribution in [1.29, 1.82) is 0 Å². The van der Waals surface area contributed by atoms with Gasteiger partial charge < -0.3 is 9.31 Å². The fraction of sp³-hybridized carbons (Fsp3) is 0.156. The van der Waals surface area contributed by atoms with Crippen LogP contribution in [0.15, 0.2) is 102 Å². The molecule has 176 valence electrons. The molecule has 1 aliphatic heterocycles. The van der Waals surface area contributed by atoms with Crippen LogP contribution in [0.5, 0.6) is 11.5 Å². The first-order valence-electron chi connectivity index (χ1n) is 12.7. The molecule has 4 heteroatoms. The van der Waals surface area contributed by atoms with Crippen molar-refractivity contribution < 1.29 is 9.31 Å². The third-order valence-electron chi connectivity index (χ3n) is 7.09. The van der Waals surface area contributed by atoms with Gasteiger partial charge in [-0.1, -0.05) is 105 Å². The molecule has 6 rings (SSSR count). The summed E-state index contributed by atoms with van der Waals surface area (Å²) in [6.45, 7) is 5.23. The van der Waals surface area contributed by atoms with Gasteiger partial charge in [0.2, 0.25) is 0 Å². The summed E-state index contributed by atoms with van der Waals surface area (Å²) in [5, 5.41) is 4.66. The van der Waals surface area contributed by atoms with Crippen molar-refractivity contribution in [2.24, 2.45) is 10.9 Å². The smallest absolute Gasteiger partial charge is 0.521 e. The Labute approximate surface area is 212 Å². The first kappa shape index (κ1) is 22.4. The maximum Gasteiger partial charge on any atom is 0.633 e. The van der Waals surface area contributed by atoms with Crippen LogP contribution in [0.25, 0.3) is 32.7 Å². The summed E-state index contributed by atoms with van der Waals surface area (Å²) in [5.41, 5.74) is 4.12. The zero-order valence-corrected chi connectivity index (χ0v) is 20.6. The fourth-order valence-electron chi connectivity index (χ4n) is 4.90. The monoisotopic (exact) mass is 469 g/mol. The van der Waals surface area contributed by atoms with Crippen molar-refractivity contribution in [2.45, 2.75) is 20.3 Å². The minimum absolute atomic E-state index is 0.555. The van der Waals surface area contributed by atoms with E-state index in [9.17, 15) is 0 Å². The van der Waals surface area contributed by atoms with E-state index >= 15 is 0 Å². The lowest BCUT2D eigenvalue weighted by atomic mass is 9.75. The molecule has 1 atom stereocenters. The number of aliphatic imine (C=N–C) groups is 1. The SMILES string of the molecule is CC[C@H](C)CN=Cc1ccccc1B1Oc2ccc3ccccc3c2-c2c(ccc3ccccc23)O1. The minimum Gasteiger partial charge on any atom is -0.521 e. The van der Waals surface area contributed by atoms with Crippen LogP contribution in [-0.4, -0.2) is 19.9 Å². The van der Waals surface area contributed by atoms with Crippen LogP contribution in [0, 0.1) is 5.92 Å².